The molecule has 142 valence electrons. The van der Waals surface area contributed by atoms with Gasteiger partial charge in [0.25, 0.3) is 5.91 Å². The standard InChI is InChI=1S/C17H18N4O6/c1-2-26-17(25)19-12-7-5-11(6-8-12)14(22)20-21-16(24)15(23)18-10-13-4-3-9-27-13/h3-9H,2,10H2,1H3,(H,18,23)(H,19,25)(H,20,22)(H,21,24). The van der Waals surface area contributed by atoms with E-state index in [0.29, 0.717) is 11.4 Å². The molecule has 4 N–H and O–H groups in total. The van der Waals surface area contributed by atoms with E-state index in [0.717, 1.165) is 0 Å². The van der Waals surface area contributed by atoms with E-state index in [1.165, 1.54) is 30.5 Å². The number of ether oxygens (including phenoxy) is 1. The smallest absolute Gasteiger partial charge is 0.411 e. The van der Waals surface area contributed by atoms with E-state index in [-0.39, 0.29) is 18.7 Å². The van der Waals surface area contributed by atoms with E-state index in [1.54, 1.807) is 19.1 Å². The maximum absolute atomic E-state index is 12.0. The Morgan fingerprint density at radius 1 is 1.00 bits per heavy atom. The van der Waals surface area contributed by atoms with Crippen LogP contribution in [0.3, 0.4) is 0 Å². The number of carbonyl (C=O) groups excluding carboxylic acids is 4. The lowest BCUT2D eigenvalue weighted by atomic mass is 10.2. The molecule has 10 nitrogen and oxygen atoms in total. The maximum Gasteiger partial charge on any atom is 0.411 e. The average Bonchev–Trinajstić information content (AvgIpc) is 3.18. The minimum Gasteiger partial charge on any atom is -0.467 e. The van der Waals surface area contributed by atoms with Crippen molar-refractivity contribution in [3.8, 4) is 0 Å². The van der Waals surface area contributed by atoms with Crippen molar-refractivity contribution in [3.63, 3.8) is 0 Å². The molecule has 0 saturated carbocycles. The SMILES string of the molecule is CCOC(=O)Nc1ccc(C(=O)NNC(=O)C(=O)NCc2ccco2)cc1. The minimum absolute atomic E-state index is 0.0438. The highest BCUT2D eigenvalue weighted by Crippen LogP contribution is 2.09. The van der Waals surface area contributed by atoms with E-state index in [4.69, 9.17) is 9.15 Å². The minimum atomic E-state index is -1.03. The summed E-state index contributed by atoms with van der Waals surface area (Å²) < 4.78 is 9.75. The van der Waals surface area contributed by atoms with Gasteiger partial charge in [-0.3, -0.25) is 30.6 Å². The molecular formula is C17H18N4O6. The van der Waals surface area contributed by atoms with E-state index in [1.807, 2.05) is 5.43 Å². The zero-order chi connectivity index (χ0) is 19.6. The van der Waals surface area contributed by atoms with Gasteiger partial charge < -0.3 is 14.5 Å². The summed E-state index contributed by atoms with van der Waals surface area (Å²) in [5.41, 5.74) is 4.77. The predicted octanol–water partition coefficient (Wildman–Crippen LogP) is 0.925. The third-order valence-corrected chi connectivity index (χ3v) is 3.17. The Balaban J connectivity index is 1.78. The van der Waals surface area contributed by atoms with Crippen LogP contribution in [0.5, 0.6) is 0 Å². The van der Waals surface area contributed by atoms with Gasteiger partial charge >= 0.3 is 17.9 Å². The monoisotopic (exact) mass is 374 g/mol. The van der Waals surface area contributed by atoms with E-state index >= 15 is 0 Å². The van der Waals surface area contributed by atoms with Crippen LogP contribution >= 0.6 is 0 Å². The lowest BCUT2D eigenvalue weighted by molar-refractivity contribution is -0.139. The lowest BCUT2D eigenvalue weighted by Crippen LogP contribution is -2.48. The Kier molecular flexibility index (Phi) is 6.94. The summed E-state index contributed by atoms with van der Waals surface area (Å²) in [5, 5.41) is 4.81. The molecule has 0 spiro atoms. The predicted molar refractivity (Wildman–Crippen MR) is 93.3 cm³/mol. The van der Waals surface area contributed by atoms with Gasteiger partial charge in [-0.15, -0.1) is 0 Å². The van der Waals surface area contributed by atoms with Crippen molar-refractivity contribution < 1.29 is 28.3 Å². The van der Waals surface area contributed by atoms with Crippen molar-refractivity contribution in [1.29, 1.82) is 0 Å². The Morgan fingerprint density at radius 2 is 1.74 bits per heavy atom. The molecule has 2 aromatic rings. The summed E-state index contributed by atoms with van der Waals surface area (Å²) in [6, 6.07) is 9.13. The number of furan rings is 1. The Morgan fingerprint density at radius 3 is 2.37 bits per heavy atom. The largest absolute Gasteiger partial charge is 0.467 e. The number of hydrogen-bond donors (Lipinski definition) is 4. The van der Waals surface area contributed by atoms with E-state index in [9.17, 15) is 19.2 Å². The molecule has 1 aromatic heterocycles. The highest BCUT2D eigenvalue weighted by molar-refractivity contribution is 6.35. The Bertz CT molecular complexity index is 801. The third-order valence-electron chi connectivity index (χ3n) is 3.17. The number of carbonyl (C=O) groups is 4. The first kappa shape index (κ1) is 19.5. The highest BCUT2D eigenvalue weighted by atomic mass is 16.5. The molecule has 4 amide bonds. The molecule has 2 rings (SSSR count). The number of hydrazine groups is 1. The lowest BCUT2D eigenvalue weighted by Gasteiger charge is -2.08. The van der Waals surface area contributed by atoms with Gasteiger partial charge in [0, 0.05) is 11.3 Å². The summed E-state index contributed by atoms with van der Waals surface area (Å²) in [4.78, 5) is 46.5. The fourth-order valence-electron chi connectivity index (χ4n) is 1.89. The van der Waals surface area contributed by atoms with Crippen LogP contribution in [-0.2, 0) is 20.9 Å². The van der Waals surface area contributed by atoms with Crippen LogP contribution in [0.25, 0.3) is 0 Å². The van der Waals surface area contributed by atoms with Crippen LogP contribution < -0.4 is 21.5 Å². The molecule has 0 bridgehead atoms. The summed E-state index contributed by atoms with van der Waals surface area (Å²) >= 11 is 0. The Hall–Kier alpha value is -3.82. The van der Waals surface area contributed by atoms with Gasteiger partial charge in [-0.2, -0.15) is 0 Å². The molecule has 0 saturated heterocycles. The van der Waals surface area contributed by atoms with Gasteiger partial charge in [-0.05, 0) is 43.3 Å². The second-order valence-electron chi connectivity index (χ2n) is 5.09. The summed E-state index contributed by atoms with van der Waals surface area (Å²) in [6.45, 7) is 1.96. The average molecular weight is 374 g/mol. The molecule has 27 heavy (non-hydrogen) atoms. The van der Waals surface area contributed by atoms with E-state index < -0.39 is 23.8 Å². The fraction of sp³-hybridized carbons (Fsp3) is 0.176. The second kappa shape index (κ2) is 9.61. The number of amides is 4. The first-order chi connectivity index (χ1) is 13.0. The molecular weight excluding hydrogens is 356 g/mol. The van der Waals surface area contributed by atoms with Crippen molar-refractivity contribution in [1.82, 2.24) is 16.2 Å². The van der Waals surface area contributed by atoms with Gasteiger partial charge in [0.05, 0.1) is 19.4 Å². The van der Waals surface area contributed by atoms with Crippen molar-refractivity contribution in [3.05, 3.63) is 54.0 Å². The van der Waals surface area contributed by atoms with Crippen molar-refractivity contribution >= 4 is 29.5 Å². The second-order valence-corrected chi connectivity index (χ2v) is 5.09. The van der Waals surface area contributed by atoms with Crippen LogP contribution in [0.1, 0.15) is 23.0 Å². The van der Waals surface area contributed by atoms with Gasteiger partial charge in [0.1, 0.15) is 5.76 Å². The van der Waals surface area contributed by atoms with Crippen LogP contribution in [0.2, 0.25) is 0 Å². The quantitative estimate of drug-likeness (QED) is 0.453. The first-order valence-corrected chi connectivity index (χ1v) is 7.94. The molecule has 1 heterocycles. The number of hydrogen-bond acceptors (Lipinski definition) is 6. The molecule has 0 unspecified atom stereocenters. The number of rotatable bonds is 5. The van der Waals surface area contributed by atoms with Crippen LogP contribution in [-0.4, -0.2) is 30.4 Å². The first-order valence-electron chi connectivity index (χ1n) is 7.94. The summed E-state index contributed by atoms with van der Waals surface area (Å²) in [6.07, 6.45) is 0.831. The Labute approximate surface area is 154 Å². The fourth-order valence-corrected chi connectivity index (χ4v) is 1.89. The van der Waals surface area contributed by atoms with Crippen LogP contribution in [0.4, 0.5) is 10.5 Å². The normalized spacial score (nSPS) is 9.81. The van der Waals surface area contributed by atoms with Crippen molar-refractivity contribution in [2.75, 3.05) is 11.9 Å². The van der Waals surface area contributed by atoms with Gasteiger partial charge in [-0.1, -0.05) is 0 Å². The molecule has 0 aliphatic rings. The number of anilines is 1. The molecule has 0 atom stereocenters. The molecule has 0 aliphatic heterocycles. The highest BCUT2D eigenvalue weighted by Gasteiger charge is 2.15. The van der Waals surface area contributed by atoms with Gasteiger partial charge in [0.15, 0.2) is 0 Å². The van der Waals surface area contributed by atoms with Crippen LogP contribution in [0, 0.1) is 0 Å². The van der Waals surface area contributed by atoms with Crippen LogP contribution in [0.15, 0.2) is 47.1 Å². The molecule has 0 radical (unpaired) electrons. The molecule has 0 fully saturated rings. The third kappa shape index (κ3) is 6.20. The maximum atomic E-state index is 12.0. The molecule has 0 aliphatic carbocycles. The van der Waals surface area contributed by atoms with E-state index in [2.05, 4.69) is 16.1 Å². The summed E-state index contributed by atoms with van der Waals surface area (Å²) in [5.74, 6) is -2.11. The number of benzene rings is 1. The van der Waals surface area contributed by atoms with Crippen molar-refractivity contribution in [2.24, 2.45) is 0 Å². The molecule has 10 heteroatoms. The summed E-state index contributed by atoms with van der Waals surface area (Å²) in [7, 11) is 0. The zero-order valence-electron chi connectivity index (χ0n) is 14.4. The van der Waals surface area contributed by atoms with Gasteiger partial charge in [0.2, 0.25) is 0 Å². The molecule has 1 aromatic carbocycles. The topological polar surface area (TPSA) is 139 Å². The zero-order valence-corrected chi connectivity index (χ0v) is 14.4. The number of nitrogens with one attached hydrogen (secondary N) is 4. The van der Waals surface area contributed by atoms with Gasteiger partial charge in [-0.25, -0.2) is 4.79 Å². The van der Waals surface area contributed by atoms with Crippen molar-refractivity contribution in [2.45, 2.75) is 13.5 Å².